The maximum atomic E-state index is 9.50. The van der Waals surface area contributed by atoms with Crippen LogP contribution in [-0.2, 0) is 6.61 Å². The molecule has 0 radical (unpaired) electrons. The van der Waals surface area contributed by atoms with Crippen molar-refractivity contribution in [3.63, 3.8) is 0 Å². The van der Waals surface area contributed by atoms with E-state index in [9.17, 15) is 5.26 Å². The molecule has 0 bridgehead atoms. The maximum Gasteiger partial charge on any atom is 0.140 e. The smallest absolute Gasteiger partial charge is 0.140 e. The van der Waals surface area contributed by atoms with E-state index in [0.29, 0.717) is 22.4 Å². The molecule has 3 rings (SSSR count). The molecule has 1 atom stereocenters. The highest BCUT2D eigenvalue weighted by Gasteiger charge is 2.10. The van der Waals surface area contributed by atoms with E-state index < -0.39 is 6.04 Å². The minimum Gasteiger partial charge on any atom is -0.489 e. The molecule has 0 spiro atoms. The number of nitrogens with zero attached hydrogens (tertiary/aromatic N) is 1. The molecule has 3 nitrogen and oxygen atoms in total. The van der Waals surface area contributed by atoms with Crippen LogP contribution >= 0.6 is 23.2 Å². The van der Waals surface area contributed by atoms with E-state index in [1.165, 1.54) is 5.56 Å². The fourth-order valence-corrected chi connectivity index (χ4v) is 3.03. The van der Waals surface area contributed by atoms with Gasteiger partial charge in [0.15, 0.2) is 0 Å². The molecule has 3 aromatic carbocycles. The summed E-state index contributed by atoms with van der Waals surface area (Å²) in [5.41, 5.74) is 3.82. The Balaban J connectivity index is 1.64. The standard InChI is InChI=1S/C22H18Cl2N2O/c1-15-2-8-19(9-3-15)26-22(13-25)16-5-10-20(11-6-16)27-14-17-4-7-18(23)12-21(17)24/h2-12,22,26H,14H2,1H3. The molecule has 0 aliphatic rings. The number of hydrogen-bond acceptors (Lipinski definition) is 3. The molecular formula is C22H18Cl2N2O. The highest BCUT2D eigenvalue weighted by atomic mass is 35.5. The van der Waals surface area contributed by atoms with Gasteiger partial charge in [0.05, 0.1) is 6.07 Å². The van der Waals surface area contributed by atoms with E-state index >= 15 is 0 Å². The first-order valence-corrected chi connectivity index (χ1v) is 9.20. The third kappa shape index (κ3) is 5.17. The third-order valence-corrected chi connectivity index (χ3v) is 4.70. The lowest BCUT2D eigenvalue weighted by Gasteiger charge is -2.14. The number of hydrogen-bond donors (Lipinski definition) is 1. The van der Waals surface area contributed by atoms with Crippen molar-refractivity contribution in [3.05, 3.63) is 93.5 Å². The maximum absolute atomic E-state index is 9.50. The van der Waals surface area contributed by atoms with Crippen molar-refractivity contribution < 1.29 is 4.74 Å². The van der Waals surface area contributed by atoms with Gasteiger partial charge in [0, 0.05) is 21.3 Å². The van der Waals surface area contributed by atoms with Crippen molar-refractivity contribution in [1.82, 2.24) is 0 Å². The van der Waals surface area contributed by atoms with E-state index in [-0.39, 0.29) is 0 Å². The summed E-state index contributed by atoms with van der Waals surface area (Å²) in [4.78, 5) is 0. The van der Waals surface area contributed by atoms with Gasteiger partial charge in [-0.15, -0.1) is 0 Å². The summed E-state index contributed by atoms with van der Waals surface area (Å²) in [5, 5.41) is 13.9. The van der Waals surface area contributed by atoms with Gasteiger partial charge in [0.1, 0.15) is 18.4 Å². The van der Waals surface area contributed by atoms with E-state index in [1.54, 1.807) is 12.1 Å². The Morgan fingerprint density at radius 1 is 1.00 bits per heavy atom. The van der Waals surface area contributed by atoms with Crippen LogP contribution in [0.15, 0.2) is 66.7 Å². The Hall–Kier alpha value is -2.67. The van der Waals surface area contributed by atoms with Gasteiger partial charge >= 0.3 is 0 Å². The molecule has 0 aliphatic heterocycles. The van der Waals surface area contributed by atoms with Crippen LogP contribution in [-0.4, -0.2) is 0 Å². The minimum absolute atomic E-state index is 0.346. The molecule has 0 saturated carbocycles. The fourth-order valence-electron chi connectivity index (χ4n) is 2.56. The Bertz CT molecular complexity index is 948. The van der Waals surface area contributed by atoms with Crippen LogP contribution in [0.4, 0.5) is 5.69 Å². The van der Waals surface area contributed by atoms with E-state index in [4.69, 9.17) is 27.9 Å². The summed E-state index contributed by atoms with van der Waals surface area (Å²) in [5.74, 6) is 0.705. The van der Waals surface area contributed by atoms with Gasteiger partial charge in [0.25, 0.3) is 0 Å². The van der Waals surface area contributed by atoms with Crippen LogP contribution in [0.5, 0.6) is 5.75 Å². The predicted molar refractivity (Wildman–Crippen MR) is 110 cm³/mol. The number of ether oxygens (including phenoxy) is 1. The second-order valence-corrected chi connectivity index (χ2v) is 7.01. The monoisotopic (exact) mass is 396 g/mol. The molecule has 0 heterocycles. The molecule has 136 valence electrons. The molecule has 1 N–H and O–H groups in total. The summed E-state index contributed by atoms with van der Waals surface area (Å²) in [6, 6.07) is 22.6. The third-order valence-electron chi connectivity index (χ3n) is 4.11. The summed E-state index contributed by atoms with van der Waals surface area (Å²) < 4.78 is 5.78. The van der Waals surface area contributed by atoms with E-state index in [1.807, 2.05) is 61.5 Å². The molecule has 5 heteroatoms. The van der Waals surface area contributed by atoms with Crippen molar-refractivity contribution in [2.75, 3.05) is 5.32 Å². The first kappa shape index (κ1) is 19.1. The second kappa shape index (κ2) is 8.81. The van der Waals surface area contributed by atoms with Crippen LogP contribution in [0, 0.1) is 18.3 Å². The average molecular weight is 397 g/mol. The lowest BCUT2D eigenvalue weighted by atomic mass is 10.1. The van der Waals surface area contributed by atoms with Crippen LogP contribution in [0.3, 0.4) is 0 Å². The van der Waals surface area contributed by atoms with Crippen molar-refractivity contribution in [2.45, 2.75) is 19.6 Å². The summed E-state index contributed by atoms with van der Waals surface area (Å²) >= 11 is 12.1. The molecule has 3 aromatic rings. The summed E-state index contributed by atoms with van der Waals surface area (Å²) in [7, 11) is 0. The quantitative estimate of drug-likeness (QED) is 0.513. The zero-order chi connectivity index (χ0) is 19.2. The normalized spacial score (nSPS) is 11.5. The number of benzene rings is 3. The van der Waals surface area contributed by atoms with Crippen molar-refractivity contribution >= 4 is 28.9 Å². The van der Waals surface area contributed by atoms with E-state index in [0.717, 1.165) is 16.8 Å². The number of nitrogens with one attached hydrogen (secondary N) is 1. The molecule has 0 aliphatic carbocycles. The SMILES string of the molecule is Cc1ccc(NC(C#N)c2ccc(OCc3ccc(Cl)cc3Cl)cc2)cc1. The Morgan fingerprint density at radius 3 is 2.33 bits per heavy atom. The molecule has 27 heavy (non-hydrogen) atoms. The first-order valence-electron chi connectivity index (χ1n) is 8.44. The van der Waals surface area contributed by atoms with Crippen LogP contribution < -0.4 is 10.1 Å². The number of anilines is 1. The molecule has 0 saturated heterocycles. The number of rotatable bonds is 6. The zero-order valence-electron chi connectivity index (χ0n) is 14.7. The summed E-state index contributed by atoms with van der Waals surface area (Å²) in [6.07, 6.45) is 0. The summed E-state index contributed by atoms with van der Waals surface area (Å²) in [6.45, 7) is 2.38. The predicted octanol–water partition coefficient (Wildman–Crippen LogP) is 6.56. The minimum atomic E-state index is -0.438. The largest absolute Gasteiger partial charge is 0.489 e. The van der Waals surface area contributed by atoms with Gasteiger partial charge in [-0.25, -0.2) is 0 Å². The van der Waals surface area contributed by atoms with Crippen molar-refractivity contribution in [3.8, 4) is 11.8 Å². The van der Waals surface area contributed by atoms with E-state index in [2.05, 4.69) is 11.4 Å². The molecule has 0 aromatic heterocycles. The van der Waals surface area contributed by atoms with Gasteiger partial charge in [0.2, 0.25) is 0 Å². The average Bonchev–Trinajstić information content (AvgIpc) is 2.67. The van der Waals surface area contributed by atoms with Gasteiger partial charge in [-0.3, -0.25) is 0 Å². The number of halogens is 2. The lowest BCUT2D eigenvalue weighted by Crippen LogP contribution is -2.08. The molecular weight excluding hydrogens is 379 g/mol. The van der Waals surface area contributed by atoms with Crippen molar-refractivity contribution in [1.29, 1.82) is 5.26 Å². The van der Waals surface area contributed by atoms with Gasteiger partial charge < -0.3 is 10.1 Å². The van der Waals surface area contributed by atoms with Crippen LogP contribution in [0.25, 0.3) is 0 Å². The Kier molecular flexibility index (Phi) is 6.24. The molecule has 1 unspecified atom stereocenters. The number of nitriles is 1. The molecule has 0 amide bonds. The lowest BCUT2D eigenvalue weighted by molar-refractivity contribution is 0.306. The van der Waals surface area contributed by atoms with Gasteiger partial charge in [-0.05, 0) is 48.9 Å². The Labute approximate surface area is 169 Å². The number of aryl methyl sites for hydroxylation is 1. The van der Waals surface area contributed by atoms with Gasteiger partial charge in [-0.2, -0.15) is 5.26 Å². The second-order valence-electron chi connectivity index (χ2n) is 6.17. The topological polar surface area (TPSA) is 45.0 Å². The van der Waals surface area contributed by atoms with Gasteiger partial charge in [-0.1, -0.05) is 59.1 Å². The highest BCUT2D eigenvalue weighted by Crippen LogP contribution is 2.25. The van der Waals surface area contributed by atoms with Crippen LogP contribution in [0.1, 0.15) is 22.7 Å². The fraction of sp³-hybridized carbons (Fsp3) is 0.136. The Morgan fingerprint density at radius 2 is 1.70 bits per heavy atom. The zero-order valence-corrected chi connectivity index (χ0v) is 16.3. The first-order chi connectivity index (χ1) is 13.0. The highest BCUT2D eigenvalue weighted by molar-refractivity contribution is 6.35. The van der Waals surface area contributed by atoms with Crippen LogP contribution in [0.2, 0.25) is 10.0 Å². The molecule has 0 fully saturated rings. The van der Waals surface area contributed by atoms with Crippen molar-refractivity contribution in [2.24, 2.45) is 0 Å².